The molecule has 1 aromatic carbocycles. The molecule has 1 aliphatic heterocycles. The first-order valence-corrected chi connectivity index (χ1v) is 9.51. The van der Waals surface area contributed by atoms with Gasteiger partial charge in [-0.15, -0.1) is 0 Å². The molecule has 0 spiro atoms. The Labute approximate surface area is 168 Å². The van der Waals surface area contributed by atoms with Crippen molar-refractivity contribution < 1.29 is 28.7 Å². The van der Waals surface area contributed by atoms with Crippen molar-refractivity contribution >= 4 is 23.7 Å². The standard InChI is InChI=1S/C21H24N2O6/c1-13(19(25)22-11-14-7-9-15(28-2)10-8-14)29-18(24)12-23-20(26)16-5-3-4-6-17(16)21(23)27/h3-4,7-10,13,16-17H,5-6,11-12H2,1-2H3,(H,22,25)/t13-,16-,17+/m1/s1. The van der Waals surface area contributed by atoms with Crippen molar-refractivity contribution in [3.8, 4) is 5.75 Å². The molecular formula is C21H24N2O6. The molecule has 8 heteroatoms. The molecule has 1 aliphatic carbocycles. The molecule has 3 rings (SSSR count). The number of esters is 1. The van der Waals surface area contributed by atoms with E-state index in [9.17, 15) is 19.2 Å². The summed E-state index contributed by atoms with van der Waals surface area (Å²) in [6.45, 7) is 1.24. The van der Waals surface area contributed by atoms with Gasteiger partial charge in [0.15, 0.2) is 6.10 Å². The number of nitrogens with zero attached hydrogens (tertiary/aromatic N) is 1. The van der Waals surface area contributed by atoms with Crippen LogP contribution in [0.25, 0.3) is 0 Å². The number of methoxy groups -OCH3 is 1. The van der Waals surface area contributed by atoms with E-state index in [0.717, 1.165) is 10.5 Å². The molecular weight excluding hydrogens is 376 g/mol. The lowest BCUT2D eigenvalue weighted by atomic mass is 9.85. The summed E-state index contributed by atoms with van der Waals surface area (Å²) in [7, 11) is 1.57. The third-order valence-corrected chi connectivity index (χ3v) is 5.19. The van der Waals surface area contributed by atoms with Gasteiger partial charge in [0.25, 0.3) is 5.91 Å². The minimum Gasteiger partial charge on any atom is -0.497 e. The minimum absolute atomic E-state index is 0.268. The molecule has 29 heavy (non-hydrogen) atoms. The molecule has 1 heterocycles. The second-order valence-corrected chi connectivity index (χ2v) is 7.12. The fourth-order valence-corrected chi connectivity index (χ4v) is 3.52. The number of hydrogen-bond donors (Lipinski definition) is 1. The van der Waals surface area contributed by atoms with Crippen LogP contribution in [0, 0.1) is 11.8 Å². The average molecular weight is 400 g/mol. The van der Waals surface area contributed by atoms with Crippen molar-refractivity contribution in [1.82, 2.24) is 10.2 Å². The van der Waals surface area contributed by atoms with Crippen molar-refractivity contribution in [2.75, 3.05) is 13.7 Å². The van der Waals surface area contributed by atoms with Crippen molar-refractivity contribution in [3.63, 3.8) is 0 Å². The summed E-state index contributed by atoms with van der Waals surface area (Å²) < 4.78 is 10.2. The predicted molar refractivity (Wildman–Crippen MR) is 102 cm³/mol. The van der Waals surface area contributed by atoms with Gasteiger partial charge in [0.05, 0.1) is 18.9 Å². The number of fused-ring (bicyclic) bond motifs is 1. The fourth-order valence-electron chi connectivity index (χ4n) is 3.52. The second-order valence-electron chi connectivity index (χ2n) is 7.12. The van der Waals surface area contributed by atoms with Crippen molar-refractivity contribution in [1.29, 1.82) is 0 Å². The first kappa shape index (κ1) is 20.6. The Kier molecular flexibility index (Phi) is 6.31. The molecule has 3 atom stereocenters. The van der Waals surface area contributed by atoms with E-state index in [1.54, 1.807) is 19.2 Å². The number of ether oxygens (including phenoxy) is 2. The van der Waals surface area contributed by atoms with Gasteiger partial charge in [0, 0.05) is 6.54 Å². The second kappa shape index (κ2) is 8.89. The number of carbonyl (C=O) groups is 4. The summed E-state index contributed by atoms with van der Waals surface area (Å²) in [5.74, 6) is -2.03. The Hall–Kier alpha value is -3.16. The third kappa shape index (κ3) is 4.64. The van der Waals surface area contributed by atoms with Crippen LogP contribution in [0.4, 0.5) is 0 Å². The zero-order valence-electron chi connectivity index (χ0n) is 16.4. The van der Waals surface area contributed by atoms with E-state index in [2.05, 4.69) is 5.32 Å². The molecule has 1 saturated heterocycles. The molecule has 1 N–H and O–H groups in total. The van der Waals surface area contributed by atoms with Gasteiger partial charge < -0.3 is 14.8 Å². The van der Waals surface area contributed by atoms with Crippen LogP contribution >= 0.6 is 0 Å². The smallest absolute Gasteiger partial charge is 0.326 e. The van der Waals surface area contributed by atoms with Gasteiger partial charge in [0.1, 0.15) is 12.3 Å². The maximum absolute atomic E-state index is 12.4. The molecule has 3 amide bonds. The molecule has 0 aromatic heterocycles. The molecule has 1 fully saturated rings. The molecule has 0 bridgehead atoms. The van der Waals surface area contributed by atoms with Crippen LogP contribution in [0.5, 0.6) is 5.75 Å². The number of imide groups is 1. The predicted octanol–water partition coefficient (Wildman–Crippen LogP) is 1.19. The Balaban J connectivity index is 1.47. The van der Waals surface area contributed by atoms with Gasteiger partial charge in [-0.05, 0) is 37.5 Å². The number of amides is 3. The normalized spacial score (nSPS) is 21.5. The van der Waals surface area contributed by atoms with Crippen LogP contribution in [0.3, 0.4) is 0 Å². The lowest BCUT2D eigenvalue weighted by Gasteiger charge is -2.17. The zero-order chi connectivity index (χ0) is 21.0. The molecule has 0 saturated carbocycles. The lowest BCUT2D eigenvalue weighted by Crippen LogP contribution is -2.40. The van der Waals surface area contributed by atoms with E-state index >= 15 is 0 Å². The van der Waals surface area contributed by atoms with Gasteiger partial charge in [0.2, 0.25) is 11.8 Å². The molecule has 2 aliphatic rings. The number of benzene rings is 1. The number of rotatable bonds is 7. The summed E-state index contributed by atoms with van der Waals surface area (Å²) in [6, 6.07) is 7.19. The van der Waals surface area contributed by atoms with Crippen molar-refractivity contribution in [2.24, 2.45) is 11.8 Å². The van der Waals surface area contributed by atoms with Crippen LogP contribution in [-0.4, -0.2) is 48.3 Å². The van der Waals surface area contributed by atoms with E-state index < -0.39 is 36.4 Å². The van der Waals surface area contributed by atoms with Crippen LogP contribution in [0.15, 0.2) is 36.4 Å². The van der Waals surface area contributed by atoms with Gasteiger partial charge in [-0.2, -0.15) is 0 Å². The summed E-state index contributed by atoms with van der Waals surface area (Å²) in [6.07, 6.45) is 3.72. The average Bonchev–Trinajstić information content (AvgIpc) is 2.97. The van der Waals surface area contributed by atoms with Gasteiger partial charge >= 0.3 is 5.97 Å². The van der Waals surface area contributed by atoms with Gasteiger partial charge in [-0.1, -0.05) is 24.3 Å². The first-order valence-electron chi connectivity index (χ1n) is 9.51. The molecule has 1 aromatic rings. The Morgan fingerprint density at radius 1 is 1.10 bits per heavy atom. The quantitative estimate of drug-likeness (QED) is 0.419. The van der Waals surface area contributed by atoms with Crippen LogP contribution in [-0.2, 0) is 30.5 Å². The number of hydrogen-bond acceptors (Lipinski definition) is 6. The van der Waals surface area contributed by atoms with Crippen LogP contribution < -0.4 is 10.1 Å². The molecule has 8 nitrogen and oxygen atoms in total. The highest BCUT2D eigenvalue weighted by atomic mass is 16.5. The van der Waals surface area contributed by atoms with E-state index in [0.29, 0.717) is 18.6 Å². The fraction of sp³-hybridized carbons (Fsp3) is 0.429. The first-order chi connectivity index (χ1) is 13.9. The van der Waals surface area contributed by atoms with Crippen molar-refractivity contribution in [3.05, 3.63) is 42.0 Å². The summed E-state index contributed by atoms with van der Waals surface area (Å²) in [4.78, 5) is 50.1. The van der Waals surface area contributed by atoms with Crippen LogP contribution in [0.2, 0.25) is 0 Å². The third-order valence-electron chi connectivity index (χ3n) is 5.19. The number of nitrogens with one attached hydrogen (secondary N) is 1. The van der Waals surface area contributed by atoms with Crippen molar-refractivity contribution in [2.45, 2.75) is 32.4 Å². The maximum Gasteiger partial charge on any atom is 0.326 e. The zero-order valence-corrected chi connectivity index (χ0v) is 16.4. The Morgan fingerprint density at radius 2 is 1.69 bits per heavy atom. The largest absolute Gasteiger partial charge is 0.497 e. The monoisotopic (exact) mass is 400 g/mol. The topological polar surface area (TPSA) is 102 Å². The number of likely N-dealkylation sites (tertiary alicyclic amines) is 1. The Bertz CT molecular complexity index is 806. The number of carbonyl (C=O) groups excluding carboxylic acids is 4. The van der Waals surface area contributed by atoms with E-state index in [1.165, 1.54) is 6.92 Å². The highest BCUT2D eigenvalue weighted by Gasteiger charge is 2.47. The van der Waals surface area contributed by atoms with Crippen LogP contribution in [0.1, 0.15) is 25.3 Å². The molecule has 0 unspecified atom stereocenters. The minimum atomic E-state index is -1.04. The summed E-state index contributed by atoms with van der Waals surface area (Å²) in [5, 5.41) is 2.68. The highest BCUT2D eigenvalue weighted by molar-refractivity contribution is 6.07. The molecule has 154 valence electrons. The summed E-state index contributed by atoms with van der Waals surface area (Å²) >= 11 is 0. The summed E-state index contributed by atoms with van der Waals surface area (Å²) in [5.41, 5.74) is 0.863. The number of allylic oxidation sites excluding steroid dienone is 2. The van der Waals surface area contributed by atoms with E-state index in [1.807, 2.05) is 24.3 Å². The molecule has 0 radical (unpaired) electrons. The SMILES string of the molecule is COc1ccc(CNC(=O)[C@@H](C)OC(=O)CN2C(=O)[C@H]3CC=CC[C@H]3C2=O)cc1. The Morgan fingerprint density at radius 3 is 2.24 bits per heavy atom. The lowest BCUT2D eigenvalue weighted by molar-refractivity contribution is -0.159. The van der Waals surface area contributed by atoms with E-state index in [4.69, 9.17) is 9.47 Å². The van der Waals surface area contributed by atoms with E-state index in [-0.39, 0.29) is 18.4 Å². The van der Waals surface area contributed by atoms with Gasteiger partial charge in [-0.3, -0.25) is 24.1 Å². The highest BCUT2D eigenvalue weighted by Crippen LogP contribution is 2.34. The van der Waals surface area contributed by atoms with Gasteiger partial charge in [-0.25, -0.2) is 0 Å². The maximum atomic E-state index is 12.4.